The molecule has 1 aliphatic heterocycles. The minimum absolute atomic E-state index is 0.0319. The zero-order valence-electron chi connectivity index (χ0n) is 10.9. The molecule has 1 amide bonds. The standard InChI is InChI=1S/C14H18ClNO3/c1-10-4-5-12(15)13(7-10)19-9-14(17)16-8-11-3-2-6-18-11/h4-5,7,11H,2-3,6,8-9H2,1H3,(H,16,17). The molecule has 1 aromatic carbocycles. The first-order chi connectivity index (χ1) is 9.15. The molecular weight excluding hydrogens is 266 g/mol. The van der Waals surface area contributed by atoms with Crippen molar-refractivity contribution in [3.63, 3.8) is 0 Å². The largest absolute Gasteiger partial charge is 0.482 e. The van der Waals surface area contributed by atoms with E-state index in [1.807, 2.05) is 19.1 Å². The van der Waals surface area contributed by atoms with E-state index in [0.717, 1.165) is 25.0 Å². The first kappa shape index (κ1) is 14.2. The van der Waals surface area contributed by atoms with Gasteiger partial charge in [-0.2, -0.15) is 0 Å². The molecule has 104 valence electrons. The molecule has 0 bridgehead atoms. The molecular formula is C14H18ClNO3. The van der Waals surface area contributed by atoms with Crippen molar-refractivity contribution >= 4 is 17.5 Å². The molecule has 0 aliphatic carbocycles. The molecule has 2 rings (SSSR count). The molecule has 1 atom stereocenters. The number of amides is 1. The number of aryl methyl sites for hydroxylation is 1. The van der Waals surface area contributed by atoms with Crippen LogP contribution in [0.4, 0.5) is 0 Å². The van der Waals surface area contributed by atoms with Crippen molar-refractivity contribution in [2.45, 2.75) is 25.9 Å². The fraction of sp³-hybridized carbons (Fsp3) is 0.500. The summed E-state index contributed by atoms with van der Waals surface area (Å²) in [7, 11) is 0. The van der Waals surface area contributed by atoms with Gasteiger partial charge in [0, 0.05) is 13.2 Å². The normalized spacial score (nSPS) is 18.3. The van der Waals surface area contributed by atoms with Crippen LogP contribution in [-0.4, -0.2) is 31.8 Å². The Hall–Kier alpha value is -1.26. The summed E-state index contributed by atoms with van der Waals surface area (Å²) in [5, 5.41) is 3.31. The molecule has 0 saturated carbocycles. The smallest absolute Gasteiger partial charge is 0.258 e. The number of carbonyl (C=O) groups is 1. The minimum Gasteiger partial charge on any atom is -0.482 e. The highest BCUT2D eigenvalue weighted by molar-refractivity contribution is 6.32. The third kappa shape index (κ3) is 4.40. The zero-order chi connectivity index (χ0) is 13.7. The van der Waals surface area contributed by atoms with Crippen molar-refractivity contribution in [1.29, 1.82) is 0 Å². The molecule has 1 unspecified atom stereocenters. The van der Waals surface area contributed by atoms with Gasteiger partial charge in [-0.05, 0) is 37.5 Å². The summed E-state index contributed by atoms with van der Waals surface area (Å²) in [5.41, 5.74) is 1.04. The second-order valence-electron chi connectivity index (χ2n) is 4.66. The molecule has 1 fully saturated rings. The second-order valence-corrected chi connectivity index (χ2v) is 5.07. The Morgan fingerprint density at radius 3 is 3.16 bits per heavy atom. The van der Waals surface area contributed by atoms with Gasteiger partial charge in [-0.1, -0.05) is 17.7 Å². The van der Waals surface area contributed by atoms with Gasteiger partial charge >= 0.3 is 0 Å². The Bertz CT molecular complexity index is 444. The second kappa shape index (κ2) is 6.78. The Kier molecular flexibility index (Phi) is 5.05. The summed E-state index contributed by atoms with van der Waals surface area (Å²) < 4.78 is 10.8. The van der Waals surface area contributed by atoms with Gasteiger partial charge in [0.15, 0.2) is 6.61 Å². The van der Waals surface area contributed by atoms with E-state index in [1.165, 1.54) is 0 Å². The number of nitrogens with one attached hydrogen (secondary N) is 1. The van der Waals surface area contributed by atoms with E-state index in [9.17, 15) is 4.79 Å². The van der Waals surface area contributed by atoms with Crippen LogP contribution in [0.1, 0.15) is 18.4 Å². The lowest BCUT2D eigenvalue weighted by Crippen LogP contribution is -2.35. The maximum absolute atomic E-state index is 11.6. The monoisotopic (exact) mass is 283 g/mol. The number of hydrogen-bond donors (Lipinski definition) is 1. The first-order valence-electron chi connectivity index (χ1n) is 6.42. The summed E-state index contributed by atoms with van der Waals surface area (Å²) in [5.74, 6) is 0.377. The van der Waals surface area contributed by atoms with Gasteiger partial charge < -0.3 is 14.8 Å². The molecule has 1 aromatic rings. The van der Waals surface area contributed by atoms with Crippen molar-refractivity contribution in [2.75, 3.05) is 19.8 Å². The van der Waals surface area contributed by atoms with Crippen LogP contribution < -0.4 is 10.1 Å². The van der Waals surface area contributed by atoms with Crippen molar-refractivity contribution in [3.05, 3.63) is 28.8 Å². The lowest BCUT2D eigenvalue weighted by molar-refractivity contribution is -0.123. The van der Waals surface area contributed by atoms with E-state index in [4.69, 9.17) is 21.1 Å². The molecule has 19 heavy (non-hydrogen) atoms. The SMILES string of the molecule is Cc1ccc(Cl)c(OCC(=O)NCC2CCCO2)c1. The van der Waals surface area contributed by atoms with Crippen LogP contribution in [-0.2, 0) is 9.53 Å². The summed E-state index contributed by atoms with van der Waals surface area (Å²) in [6, 6.07) is 5.47. The maximum atomic E-state index is 11.6. The van der Waals surface area contributed by atoms with Crippen molar-refractivity contribution in [1.82, 2.24) is 5.32 Å². The molecule has 0 spiro atoms. The van der Waals surface area contributed by atoms with Crippen LogP contribution in [0, 0.1) is 6.92 Å². The topological polar surface area (TPSA) is 47.6 Å². The highest BCUT2D eigenvalue weighted by Crippen LogP contribution is 2.25. The Balaban J connectivity index is 1.74. The van der Waals surface area contributed by atoms with Crippen molar-refractivity contribution in [3.8, 4) is 5.75 Å². The average molecular weight is 284 g/mol. The molecule has 1 N–H and O–H groups in total. The molecule has 0 aromatic heterocycles. The van der Waals surface area contributed by atoms with E-state index >= 15 is 0 Å². The van der Waals surface area contributed by atoms with Crippen LogP contribution in [0.5, 0.6) is 5.75 Å². The number of ether oxygens (including phenoxy) is 2. The predicted octanol–water partition coefficient (Wildman–Crippen LogP) is 2.32. The van der Waals surface area contributed by atoms with E-state index < -0.39 is 0 Å². The summed E-state index contributed by atoms with van der Waals surface area (Å²) in [6.45, 7) is 3.25. The molecule has 5 heteroatoms. The van der Waals surface area contributed by atoms with Gasteiger partial charge in [0.05, 0.1) is 11.1 Å². The molecule has 1 saturated heterocycles. The Morgan fingerprint density at radius 2 is 2.42 bits per heavy atom. The van der Waals surface area contributed by atoms with Crippen molar-refractivity contribution in [2.24, 2.45) is 0 Å². The van der Waals surface area contributed by atoms with Gasteiger partial charge in [0.25, 0.3) is 5.91 Å². The minimum atomic E-state index is -0.159. The van der Waals surface area contributed by atoms with Gasteiger partial charge in [0.1, 0.15) is 5.75 Å². The fourth-order valence-electron chi connectivity index (χ4n) is 1.95. The molecule has 1 aliphatic rings. The predicted molar refractivity (Wildman–Crippen MR) is 73.7 cm³/mol. The quantitative estimate of drug-likeness (QED) is 0.902. The average Bonchev–Trinajstić information content (AvgIpc) is 2.90. The Labute approximate surface area is 118 Å². The number of halogens is 1. The summed E-state index contributed by atoms with van der Waals surface area (Å²) >= 11 is 5.98. The van der Waals surface area contributed by atoms with E-state index in [-0.39, 0.29) is 18.6 Å². The van der Waals surface area contributed by atoms with E-state index in [1.54, 1.807) is 6.07 Å². The first-order valence-corrected chi connectivity index (χ1v) is 6.80. The lowest BCUT2D eigenvalue weighted by atomic mass is 10.2. The third-order valence-electron chi connectivity index (χ3n) is 3.00. The molecule has 0 radical (unpaired) electrons. The highest BCUT2D eigenvalue weighted by Gasteiger charge is 2.16. The number of hydrogen-bond acceptors (Lipinski definition) is 3. The van der Waals surface area contributed by atoms with Gasteiger partial charge in [-0.15, -0.1) is 0 Å². The zero-order valence-corrected chi connectivity index (χ0v) is 11.7. The molecule has 4 nitrogen and oxygen atoms in total. The third-order valence-corrected chi connectivity index (χ3v) is 3.31. The van der Waals surface area contributed by atoms with Crippen LogP contribution in [0.25, 0.3) is 0 Å². The molecule has 1 heterocycles. The van der Waals surface area contributed by atoms with Crippen LogP contribution in [0.2, 0.25) is 5.02 Å². The van der Waals surface area contributed by atoms with Gasteiger partial charge in [0.2, 0.25) is 0 Å². The lowest BCUT2D eigenvalue weighted by Gasteiger charge is -2.12. The van der Waals surface area contributed by atoms with Gasteiger partial charge in [-0.3, -0.25) is 4.79 Å². The number of carbonyl (C=O) groups excluding carboxylic acids is 1. The van der Waals surface area contributed by atoms with Crippen LogP contribution >= 0.6 is 11.6 Å². The van der Waals surface area contributed by atoms with Crippen LogP contribution in [0.15, 0.2) is 18.2 Å². The maximum Gasteiger partial charge on any atom is 0.258 e. The van der Waals surface area contributed by atoms with Crippen molar-refractivity contribution < 1.29 is 14.3 Å². The van der Waals surface area contributed by atoms with E-state index in [0.29, 0.717) is 17.3 Å². The highest BCUT2D eigenvalue weighted by atomic mass is 35.5. The fourth-order valence-corrected chi connectivity index (χ4v) is 2.12. The summed E-state index contributed by atoms with van der Waals surface area (Å²) in [4.78, 5) is 11.6. The Morgan fingerprint density at radius 1 is 1.58 bits per heavy atom. The van der Waals surface area contributed by atoms with Gasteiger partial charge in [-0.25, -0.2) is 0 Å². The number of rotatable bonds is 5. The summed E-state index contributed by atoms with van der Waals surface area (Å²) in [6.07, 6.45) is 2.22. The number of benzene rings is 1. The van der Waals surface area contributed by atoms with E-state index in [2.05, 4.69) is 5.32 Å². The van der Waals surface area contributed by atoms with Crippen LogP contribution in [0.3, 0.4) is 0 Å².